The van der Waals surface area contributed by atoms with Crippen molar-refractivity contribution in [1.29, 1.82) is 0 Å². The highest BCUT2D eigenvalue weighted by Crippen LogP contribution is 2.35. The van der Waals surface area contributed by atoms with E-state index in [-0.39, 0.29) is 23.2 Å². The van der Waals surface area contributed by atoms with Crippen molar-refractivity contribution >= 4 is 17.7 Å². The third-order valence-corrected chi connectivity index (χ3v) is 2.34. The molecule has 1 aromatic rings. The molecule has 0 unspecified atom stereocenters. The second kappa shape index (κ2) is 2.97. The molecule has 2 heterocycles. The van der Waals surface area contributed by atoms with Gasteiger partial charge < -0.3 is 15.2 Å². The topological polar surface area (TPSA) is 93.5 Å². The fourth-order valence-electron chi connectivity index (χ4n) is 1.48. The molecule has 1 aliphatic rings. The Bertz CT molecular complexity index is 489. The molecule has 0 atom stereocenters. The van der Waals surface area contributed by atoms with E-state index < -0.39 is 11.6 Å². The smallest absolute Gasteiger partial charge is 0.358 e. The number of nitrogens with one attached hydrogen (secondary N) is 1. The van der Waals surface area contributed by atoms with Crippen molar-refractivity contribution in [3.8, 4) is 5.75 Å². The summed E-state index contributed by atoms with van der Waals surface area (Å²) in [4.78, 5) is 22.5. The summed E-state index contributed by atoms with van der Waals surface area (Å²) in [5.74, 6) is -1.26. The predicted molar refractivity (Wildman–Crippen MR) is 53.5 cm³/mol. The number of aromatic nitrogens is 2. The quantitative estimate of drug-likeness (QED) is 0.713. The van der Waals surface area contributed by atoms with Gasteiger partial charge in [-0.1, -0.05) is 0 Å². The Morgan fingerprint density at radius 3 is 2.75 bits per heavy atom. The Hall–Kier alpha value is -2.05. The van der Waals surface area contributed by atoms with Crippen LogP contribution in [0.2, 0.25) is 0 Å². The van der Waals surface area contributed by atoms with Gasteiger partial charge in [-0.05, 0) is 13.8 Å². The van der Waals surface area contributed by atoms with E-state index in [1.165, 1.54) is 7.05 Å². The van der Waals surface area contributed by atoms with Crippen molar-refractivity contribution in [1.82, 2.24) is 9.78 Å². The average molecular weight is 225 g/mol. The van der Waals surface area contributed by atoms with Gasteiger partial charge in [0, 0.05) is 7.05 Å². The van der Waals surface area contributed by atoms with Crippen molar-refractivity contribution in [3.63, 3.8) is 0 Å². The molecule has 2 N–H and O–H groups in total. The molecule has 7 heteroatoms. The lowest BCUT2D eigenvalue weighted by atomic mass is 10.1. The molecule has 0 spiro atoms. The van der Waals surface area contributed by atoms with E-state index in [1.807, 2.05) is 0 Å². The van der Waals surface area contributed by atoms with Crippen molar-refractivity contribution in [2.75, 3.05) is 5.32 Å². The Kier molecular flexibility index (Phi) is 1.94. The monoisotopic (exact) mass is 225 g/mol. The van der Waals surface area contributed by atoms with E-state index in [0.29, 0.717) is 0 Å². The first kappa shape index (κ1) is 10.5. The third kappa shape index (κ3) is 1.32. The van der Waals surface area contributed by atoms with Crippen LogP contribution in [0, 0.1) is 0 Å². The van der Waals surface area contributed by atoms with Gasteiger partial charge in [0.05, 0.1) is 0 Å². The summed E-state index contributed by atoms with van der Waals surface area (Å²) in [6.07, 6.45) is 0. The van der Waals surface area contributed by atoms with Gasteiger partial charge in [-0.25, -0.2) is 4.79 Å². The highest BCUT2D eigenvalue weighted by atomic mass is 16.5. The van der Waals surface area contributed by atoms with Gasteiger partial charge in [-0.3, -0.25) is 9.48 Å². The van der Waals surface area contributed by atoms with Crippen LogP contribution < -0.4 is 10.1 Å². The second-order valence-corrected chi connectivity index (χ2v) is 4.02. The molecular formula is C9H11N3O4. The van der Waals surface area contributed by atoms with Crippen molar-refractivity contribution in [2.24, 2.45) is 7.05 Å². The number of fused-ring (bicyclic) bond motifs is 1. The molecule has 0 radical (unpaired) electrons. The van der Waals surface area contributed by atoms with Crippen LogP contribution in [0.25, 0.3) is 0 Å². The van der Waals surface area contributed by atoms with Gasteiger partial charge in [0.25, 0.3) is 5.91 Å². The molecule has 0 fully saturated rings. The van der Waals surface area contributed by atoms with Crippen molar-refractivity contribution in [2.45, 2.75) is 19.4 Å². The van der Waals surface area contributed by atoms with Crippen LogP contribution >= 0.6 is 0 Å². The molecule has 7 nitrogen and oxygen atoms in total. The normalized spacial score (nSPS) is 17.3. The van der Waals surface area contributed by atoms with E-state index in [1.54, 1.807) is 13.8 Å². The molecular weight excluding hydrogens is 214 g/mol. The standard InChI is InChI=1S/C9H11N3O4/c1-9(2)8(15)10-6-5(16-9)4(7(13)14)12(3)11-6/h1-3H3,(H,13,14)(H,10,11,15). The predicted octanol–water partition coefficient (Wildman–Crippen LogP) is 0.228. The van der Waals surface area contributed by atoms with Crippen LogP contribution in [0.3, 0.4) is 0 Å². The summed E-state index contributed by atoms with van der Waals surface area (Å²) in [5, 5.41) is 15.4. The minimum absolute atomic E-state index is 0.0805. The summed E-state index contributed by atoms with van der Waals surface area (Å²) in [7, 11) is 1.48. The van der Waals surface area contributed by atoms with Gasteiger partial charge in [0.2, 0.25) is 0 Å². The second-order valence-electron chi connectivity index (χ2n) is 4.02. The van der Waals surface area contributed by atoms with E-state index in [4.69, 9.17) is 9.84 Å². The zero-order valence-electron chi connectivity index (χ0n) is 9.07. The Labute approximate surface area is 91.0 Å². The molecule has 0 saturated heterocycles. The number of carboxylic acids is 1. The number of carbonyl (C=O) groups excluding carboxylic acids is 1. The number of anilines is 1. The zero-order chi connectivity index (χ0) is 12.1. The van der Waals surface area contributed by atoms with E-state index in [9.17, 15) is 9.59 Å². The number of carboxylic acid groups (broad SMARTS) is 1. The summed E-state index contributed by atoms with van der Waals surface area (Å²) < 4.78 is 6.53. The van der Waals surface area contributed by atoms with Gasteiger partial charge in [0.15, 0.2) is 22.9 Å². The number of nitrogens with zero attached hydrogens (tertiary/aromatic N) is 2. The van der Waals surface area contributed by atoms with E-state index >= 15 is 0 Å². The number of ether oxygens (including phenoxy) is 1. The maximum Gasteiger partial charge on any atom is 0.358 e. The van der Waals surface area contributed by atoms with Gasteiger partial charge in [-0.15, -0.1) is 0 Å². The Morgan fingerprint density at radius 2 is 2.19 bits per heavy atom. The minimum Gasteiger partial charge on any atom is -0.476 e. The Balaban J connectivity index is 2.57. The molecule has 86 valence electrons. The molecule has 1 aliphatic heterocycles. The first-order valence-corrected chi connectivity index (χ1v) is 4.63. The zero-order valence-corrected chi connectivity index (χ0v) is 9.07. The lowest BCUT2D eigenvalue weighted by Crippen LogP contribution is -2.45. The minimum atomic E-state index is -1.15. The maximum absolute atomic E-state index is 11.5. The van der Waals surface area contributed by atoms with Crippen LogP contribution in [0.4, 0.5) is 5.82 Å². The summed E-state index contributed by atoms with van der Waals surface area (Å²) in [6.45, 7) is 3.12. The molecule has 1 amide bonds. The number of amides is 1. The number of aryl methyl sites for hydroxylation is 1. The molecule has 2 rings (SSSR count). The number of rotatable bonds is 1. The molecule has 16 heavy (non-hydrogen) atoms. The highest BCUT2D eigenvalue weighted by molar-refractivity contribution is 6.02. The SMILES string of the molecule is Cn1nc2c(c1C(=O)O)OC(C)(C)C(=O)N2. The van der Waals surface area contributed by atoms with E-state index in [0.717, 1.165) is 4.68 Å². The third-order valence-electron chi connectivity index (χ3n) is 2.34. The first-order valence-electron chi connectivity index (χ1n) is 4.63. The van der Waals surface area contributed by atoms with Crippen LogP contribution in [-0.4, -0.2) is 32.4 Å². The fourth-order valence-corrected chi connectivity index (χ4v) is 1.48. The van der Waals surface area contributed by atoms with Gasteiger partial charge in [0.1, 0.15) is 0 Å². The van der Waals surface area contributed by atoms with Crippen molar-refractivity contribution < 1.29 is 19.4 Å². The largest absolute Gasteiger partial charge is 0.476 e. The lowest BCUT2D eigenvalue weighted by molar-refractivity contribution is -0.129. The number of hydrogen-bond donors (Lipinski definition) is 2. The van der Waals surface area contributed by atoms with Crippen LogP contribution in [0.1, 0.15) is 24.3 Å². The number of hydrogen-bond acceptors (Lipinski definition) is 4. The highest BCUT2D eigenvalue weighted by Gasteiger charge is 2.40. The fraction of sp³-hybridized carbons (Fsp3) is 0.444. The number of aromatic carboxylic acids is 1. The molecule has 0 aliphatic carbocycles. The average Bonchev–Trinajstić information content (AvgIpc) is 2.40. The van der Waals surface area contributed by atoms with Crippen LogP contribution in [-0.2, 0) is 11.8 Å². The first-order chi connectivity index (χ1) is 7.33. The molecule has 0 saturated carbocycles. The molecule has 0 aromatic carbocycles. The summed E-state index contributed by atoms with van der Waals surface area (Å²) in [6, 6.07) is 0. The maximum atomic E-state index is 11.5. The summed E-state index contributed by atoms with van der Waals surface area (Å²) in [5.41, 5.74) is -1.18. The van der Waals surface area contributed by atoms with Gasteiger partial charge in [-0.2, -0.15) is 5.10 Å². The molecule has 1 aromatic heterocycles. The Morgan fingerprint density at radius 1 is 1.56 bits per heavy atom. The number of carbonyl (C=O) groups is 2. The van der Waals surface area contributed by atoms with Gasteiger partial charge >= 0.3 is 5.97 Å². The van der Waals surface area contributed by atoms with Crippen LogP contribution in [0.5, 0.6) is 5.75 Å². The van der Waals surface area contributed by atoms with E-state index in [2.05, 4.69) is 10.4 Å². The lowest BCUT2D eigenvalue weighted by Gasteiger charge is -2.28. The summed E-state index contributed by atoms with van der Waals surface area (Å²) >= 11 is 0. The van der Waals surface area contributed by atoms with Crippen LogP contribution in [0.15, 0.2) is 0 Å². The van der Waals surface area contributed by atoms with Crippen molar-refractivity contribution in [3.05, 3.63) is 5.69 Å². The molecule has 0 bridgehead atoms.